The first-order chi connectivity index (χ1) is 5.72. The van der Waals surface area contributed by atoms with Crippen molar-refractivity contribution in [1.82, 2.24) is 4.98 Å². The molecule has 0 bridgehead atoms. The molecular weight excluding hydrogens is 158 g/mol. The fraction of sp³-hybridized carbons (Fsp3) is 0.250. The van der Waals surface area contributed by atoms with Crippen LogP contribution in [0, 0.1) is 0 Å². The van der Waals surface area contributed by atoms with E-state index < -0.39 is 5.97 Å². The topological polar surface area (TPSA) is 70.2 Å². The Morgan fingerprint density at radius 3 is 2.83 bits per heavy atom. The third kappa shape index (κ3) is 2.23. The van der Waals surface area contributed by atoms with Crippen LogP contribution in [0.25, 0.3) is 0 Å². The number of carboxylic acids is 1. The molecule has 0 unspecified atom stereocenters. The number of aromatic nitrogens is 1. The van der Waals surface area contributed by atoms with Gasteiger partial charge in [0.15, 0.2) is 6.29 Å². The zero-order valence-electron chi connectivity index (χ0n) is 6.41. The first-order valence-electron chi connectivity index (χ1n) is 3.57. The number of hydrogen-bond acceptors (Lipinski definition) is 2. The normalized spacial score (nSPS) is 9.67. The summed E-state index contributed by atoms with van der Waals surface area (Å²) in [6.45, 7) is 0. The van der Waals surface area contributed by atoms with Crippen molar-refractivity contribution >= 4 is 12.3 Å². The molecular formula is C8H9NO3. The van der Waals surface area contributed by atoms with Crippen LogP contribution >= 0.6 is 0 Å². The predicted molar refractivity (Wildman–Crippen MR) is 42.1 cm³/mol. The second-order valence-corrected chi connectivity index (χ2v) is 2.45. The van der Waals surface area contributed by atoms with E-state index in [0.29, 0.717) is 18.4 Å². The van der Waals surface area contributed by atoms with E-state index in [1.54, 1.807) is 12.1 Å². The first-order valence-corrected chi connectivity index (χ1v) is 3.57. The van der Waals surface area contributed by atoms with Gasteiger partial charge in [-0.2, -0.15) is 0 Å². The molecule has 0 aliphatic carbocycles. The van der Waals surface area contributed by atoms with E-state index in [2.05, 4.69) is 4.98 Å². The van der Waals surface area contributed by atoms with Crippen LogP contribution in [0.4, 0.5) is 0 Å². The molecule has 0 saturated heterocycles. The van der Waals surface area contributed by atoms with Gasteiger partial charge in [-0.05, 0) is 18.6 Å². The van der Waals surface area contributed by atoms with E-state index in [4.69, 9.17) is 5.11 Å². The number of carbonyl (C=O) groups is 2. The van der Waals surface area contributed by atoms with E-state index in [1.807, 2.05) is 0 Å². The van der Waals surface area contributed by atoms with Crippen molar-refractivity contribution in [2.75, 3.05) is 0 Å². The lowest BCUT2D eigenvalue weighted by Gasteiger charge is -1.91. The smallest absolute Gasteiger partial charge is 0.303 e. The average molecular weight is 167 g/mol. The van der Waals surface area contributed by atoms with E-state index in [9.17, 15) is 9.59 Å². The van der Waals surface area contributed by atoms with Crippen molar-refractivity contribution < 1.29 is 14.7 Å². The molecule has 1 aromatic heterocycles. The molecule has 1 aromatic rings. The highest BCUT2D eigenvalue weighted by atomic mass is 16.4. The van der Waals surface area contributed by atoms with Crippen molar-refractivity contribution in [2.45, 2.75) is 12.8 Å². The van der Waals surface area contributed by atoms with Gasteiger partial charge in [0.2, 0.25) is 0 Å². The third-order valence-electron chi connectivity index (χ3n) is 1.50. The number of carboxylic acid groups (broad SMARTS) is 1. The van der Waals surface area contributed by atoms with Crippen LogP contribution in [-0.2, 0) is 11.2 Å². The summed E-state index contributed by atoms with van der Waals surface area (Å²) in [5, 5.41) is 8.36. The number of H-pyrrole nitrogens is 1. The number of aryl methyl sites for hydroxylation is 1. The Labute approximate surface area is 69.2 Å². The minimum atomic E-state index is -0.836. The minimum absolute atomic E-state index is 0.0822. The third-order valence-corrected chi connectivity index (χ3v) is 1.50. The quantitative estimate of drug-likeness (QED) is 0.653. The number of rotatable bonds is 4. The van der Waals surface area contributed by atoms with Crippen molar-refractivity contribution in [3.8, 4) is 0 Å². The molecule has 0 fully saturated rings. The molecule has 0 spiro atoms. The number of hydrogen-bond donors (Lipinski definition) is 2. The molecule has 1 heterocycles. The van der Waals surface area contributed by atoms with Gasteiger partial charge in [0, 0.05) is 5.69 Å². The van der Waals surface area contributed by atoms with E-state index in [1.165, 1.54) is 0 Å². The maximum absolute atomic E-state index is 10.2. The first kappa shape index (κ1) is 8.52. The summed E-state index contributed by atoms with van der Waals surface area (Å²) in [4.78, 5) is 23.2. The number of aldehydes is 1. The van der Waals surface area contributed by atoms with Gasteiger partial charge in [0.05, 0.1) is 12.1 Å². The van der Waals surface area contributed by atoms with Crippen LogP contribution in [-0.4, -0.2) is 22.3 Å². The van der Waals surface area contributed by atoms with Crippen LogP contribution < -0.4 is 0 Å². The van der Waals surface area contributed by atoms with Crippen molar-refractivity contribution in [1.29, 1.82) is 0 Å². The monoisotopic (exact) mass is 167 g/mol. The van der Waals surface area contributed by atoms with E-state index in [-0.39, 0.29) is 6.42 Å². The Morgan fingerprint density at radius 1 is 1.58 bits per heavy atom. The molecule has 64 valence electrons. The van der Waals surface area contributed by atoms with Gasteiger partial charge in [0.1, 0.15) is 0 Å². The zero-order valence-corrected chi connectivity index (χ0v) is 6.41. The summed E-state index contributed by atoms with van der Waals surface area (Å²) in [5.74, 6) is -0.836. The van der Waals surface area contributed by atoms with Gasteiger partial charge < -0.3 is 10.1 Å². The molecule has 0 aromatic carbocycles. The van der Waals surface area contributed by atoms with Crippen LogP contribution in [0.3, 0.4) is 0 Å². The molecule has 0 aliphatic rings. The summed E-state index contributed by atoms with van der Waals surface area (Å²) >= 11 is 0. The second-order valence-electron chi connectivity index (χ2n) is 2.45. The molecule has 4 heteroatoms. The zero-order chi connectivity index (χ0) is 8.97. The van der Waals surface area contributed by atoms with Crippen LogP contribution in [0.15, 0.2) is 12.1 Å². The molecule has 0 saturated carbocycles. The number of nitrogens with one attached hydrogen (secondary N) is 1. The lowest BCUT2D eigenvalue weighted by molar-refractivity contribution is -0.136. The molecule has 2 N–H and O–H groups in total. The van der Waals surface area contributed by atoms with Gasteiger partial charge in [-0.25, -0.2) is 0 Å². The maximum atomic E-state index is 10.2. The highest BCUT2D eigenvalue weighted by Gasteiger charge is 2.00. The number of carbonyl (C=O) groups excluding carboxylic acids is 1. The summed E-state index contributed by atoms with van der Waals surface area (Å²) in [7, 11) is 0. The van der Waals surface area contributed by atoms with Gasteiger partial charge in [0.25, 0.3) is 0 Å². The Kier molecular flexibility index (Phi) is 2.63. The minimum Gasteiger partial charge on any atom is -0.481 e. The Hall–Kier alpha value is -1.58. The summed E-state index contributed by atoms with van der Waals surface area (Å²) in [6.07, 6.45) is 1.21. The number of aromatic amines is 1. The van der Waals surface area contributed by atoms with Crippen molar-refractivity contribution in [2.24, 2.45) is 0 Å². The number of aliphatic carboxylic acids is 1. The largest absolute Gasteiger partial charge is 0.481 e. The van der Waals surface area contributed by atoms with Crippen LogP contribution in [0.1, 0.15) is 22.6 Å². The molecule has 1 rings (SSSR count). The average Bonchev–Trinajstić information content (AvgIpc) is 2.48. The van der Waals surface area contributed by atoms with Gasteiger partial charge in [-0.15, -0.1) is 0 Å². The lowest BCUT2D eigenvalue weighted by atomic mass is 10.2. The molecule has 0 amide bonds. The molecule has 0 aliphatic heterocycles. The summed E-state index contributed by atoms with van der Waals surface area (Å²) in [6, 6.07) is 3.34. The molecule has 0 atom stereocenters. The van der Waals surface area contributed by atoms with E-state index in [0.717, 1.165) is 5.69 Å². The fourth-order valence-corrected chi connectivity index (χ4v) is 0.915. The van der Waals surface area contributed by atoms with Crippen molar-refractivity contribution in [3.05, 3.63) is 23.5 Å². The molecule has 0 radical (unpaired) electrons. The summed E-state index contributed by atoms with van der Waals surface area (Å²) < 4.78 is 0. The Morgan fingerprint density at radius 2 is 2.33 bits per heavy atom. The van der Waals surface area contributed by atoms with Crippen LogP contribution in [0.5, 0.6) is 0 Å². The maximum Gasteiger partial charge on any atom is 0.303 e. The highest BCUT2D eigenvalue weighted by molar-refractivity contribution is 5.72. The highest BCUT2D eigenvalue weighted by Crippen LogP contribution is 2.02. The second kappa shape index (κ2) is 3.71. The molecule has 4 nitrogen and oxygen atoms in total. The van der Waals surface area contributed by atoms with E-state index >= 15 is 0 Å². The summed E-state index contributed by atoms with van der Waals surface area (Å²) in [5.41, 5.74) is 1.26. The van der Waals surface area contributed by atoms with Gasteiger partial charge in [-0.3, -0.25) is 9.59 Å². The van der Waals surface area contributed by atoms with Crippen molar-refractivity contribution in [3.63, 3.8) is 0 Å². The predicted octanol–water partition coefficient (Wildman–Crippen LogP) is 0.844. The Bertz CT molecular complexity index is 290. The Balaban J connectivity index is 2.52. The fourth-order valence-electron chi connectivity index (χ4n) is 0.915. The van der Waals surface area contributed by atoms with Crippen LogP contribution in [0.2, 0.25) is 0 Å². The SMILES string of the molecule is O=Cc1ccc(CCC(=O)O)[nH]1. The standard InChI is InChI=1S/C8H9NO3/c10-5-7-2-1-6(9-7)3-4-8(11)12/h1-2,5,9H,3-4H2,(H,11,12). The van der Waals surface area contributed by atoms with Gasteiger partial charge >= 0.3 is 5.97 Å². The molecule has 12 heavy (non-hydrogen) atoms. The van der Waals surface area contributed by atoms with Gasteiger partial charge in [-0.1, -0.05) is 0 Å². The lowest BCUT2D eigenvalue weighted by Crippen LogP contribution is -1.97.